The van der Waals surface area contributed by atoms with Gasteiger partial charge >= 0.3 is 11.9 Å². The molecule has 0 fully saturated rings. The maximum atomic E-state index is 12.8. The fourth-order valence-electron chi connectivity index (χ4n) is 3.51. The van der Waals surface area contributed by atoms with Crippen molar-refractivity contribution in [3.63, 3.8) is 0 Å². The predicted octanol–water partition coefficient (Wildman–Crippen LogP) is 5.52. The van der Waals surface area contributed by atoms with Crippen LogP contribution in [0.3, 0.4) is 0 Å². The van der Waals surface area contributed by atoms with E-state index in [-0.39, 0.29) is 12.8 Å². The number of aromatic nitrogens is 2. The number of fused-ring (bicyclic) bond motifs is 2. The first-order valence-electron chi connectivity index (χ1n) is 12.2. The van der Waals surface area contributed by atoms with Crippen molar-refractivity contribution < 1.29 is 34.2 Å². The zero-order valence-electron chi connectivity index (χ0n) is 21.2. The number of carbonyl (C=O) groups excluding carboxylic acids is 3. The maximum Gasteiger partial charge on any atom is 0.344 e. The van der Waals surface area contributed by atoms with Gasteiger partial charge in [-0.2, -0.15) is 0 Å². The van der Waals surface area contributed by atoms with E-state index < -0.39 is 36.8 Å². The normalized spacial score (nSPS) is 11.2. The summed E-state index contributed by atoms with van der Waals surface area (Å²) in [6, 6.07) is 10.3. The molecule has 0 saturated carbocycles. The Morgan fingerprint density at radius 3 is 1.83 bits per heavy atom. The van der Waals surface area contributed by atoms with Gasteiger partial charge in [-0.3, -0.25) is 19.3 Å². The fraction of sp³-hybridized carbons (Fsp3) is 0.280. The number of nitrogens with zero attached hydrogens (tertiary/aromatic N) is 3. The van der Waals surface area contributed by atoms with Crippen molar-refractivity contribution in [2.24, 2.45) is 0 Å². The summed E-state index contributed by atoms with van der Waals surface area (Å²) >= 11 is 14.5. The highest BCUT2D eigenvalue weighted by Gasteiger charge is 2.21. The molecule has 4 rings (SSSR count). The van der Waals surface area contributed by atoms with Crippen LogP contribution in [0.25, 0.3) is 20.4 Å². The predicted molar refractivity (Wildman–Crippen MR) is 156 cm³/mol. The number of unbranched alkanes of at least 4 members (excludes halogenated alkanes) is 2. The molecule has 0 aliphatic carbocycles. The van der Waals surface area contributed by atoms with Gasteiger partial charge in [-0.05, 0) is 49.2 Å². The van der Waals surface area contributed by atoms with E-state index in [1.54, 1.807) is 36.4 Å². The van der Waals surface area contributed by atoms with E-state index in [1.165, 1.54) is 22.7 Å². The molecular weight excluding hydrogens is 617 g/mol. The van der Waals surface area contributed by atoms with E-state index in [2.05, 4.69) is 20.6 Å². The second-order valence-electron chi connectivity index (χ2n) is 8.64. The molecule has 4 aromatic rings. The zero-order chi connectivity index (χ0) is 29.4. The average Bonchev–Trinajstić information content (AvgIpc) is 3.48. The standard InChI is InChI=1S/C25H23Cl2N5O7S2/c26-14-6-8-16-18(10-14)40-24(28-16)30-20(33)12-32(39-38-23(37)5-3-1-2-4-22(35)36)13-21(34)31-25-29-17-9-7-15(27)11-19(17)41-25/h6-11H,1-5,12-13H2,(H,35,36)(H,28,30,33)(H,29,31,34). The van der Waals surface area contributed by atoms with Crippen LogP contribution in [0.1, 0.15) is 32.1 Å². The van der Waals surface area contributed by atoms with Gasteiger partial charge < -0.3 is 15.7 Å². The number of anilines is 2. The van der Waals surface area contributed by atoms with Gasteiger partial charge in [-0.1, -0.05) is 57.3 Å². The molecule has 2 aromatic heterocycles. The number of hydroxylamine groups is 2. The Labute approximate surface area is 251 Å². The highest BCUT2D eigenvalue weighted by molar-refractivity contribution is 7.22. The molecule has 2 amide bonds. The molecule has 0 aliphatic rings. The molecule has 0 saturated heterocycles. The molecule has 0 bridgehead atoms. The minimum absolute atomic E-state index is 0.00689. The second kappa shape index (κ2) is 14.5. The minimum atomic E-state index is -0.910. The summed E-state index contributed by atoms with van der Waals surface area (Å²) < 4.78 is 1.55. The molecule has 16 heteroatoms. The van der Waals surface area contributed by atoms with Crippen LogP contribution < -0.4 is 10.6 Å². The summed E-state index contributed by atoms with van der Waals surface area (Å²) in [6.07, 6.45) is 1.30. The summed E-state index contributed by atoms with van der Waals surface area (Å²) in [5, 5.41) is 16.5. The van der Waals surface area contributed by atoms with Crippen LogP contribution in [-0.2, 0) is 29.1 Å². The van der Waals surface area contributed by atoms with Crippen molar-refractivity contribution in [3.8, 4) is 0 Å². The number of hydrogen-bond donors (Lipinski definition) is 3. The number of nitrogens with one attached hydrogen (secondary N) is 2. The van der Waals surface area contributed by atoms with E-state index in [0.717, 1.165) is 14.5 Å². The summed E-state index contributed by atoms with van der Waals surface area (Å²) in [5.74, 6) is -2.81. The van der Waals surface area contributed by atoms with Crippen molar-refractivity contribution in [3.05, 3.63) is 46.4 Å². The average molecular weight is 641 g/mol. The van der Waals surface area contributed by atoms with E-state index in [9.17, 15) is 19.2 Å². The quantitative estimate of drug-likeness (QED) is 0.0910. The lowest BCUT2D eigenvalue weighted by Crippen LogP contribution is -2.39. The third kappa shape index (κ3) is 9.59. The number of carboxylic acids is 1. The van der Waals surface area contributed by atoms with E-state index >= 15 is 0 Å². The van der Waals surface area contributed by atoms with Gasteiger partial charge in [0.2, 0.25) is 11.8 Å². The molecule has 2 heterocycles. The molecule has 216 valence electrons. The molecular formula is C25H23Cl2N5O7S2. The number of rotatable bonds is 14. The van der Waals surface area contributed by atoms with Gasteiger partial charge in [0.15, 0.2) is 10.3 Å². The van der Waals surface area contributed by atoms with Crippen LogP contribution in [0.4, 0.5) is 10.3 Å². The molecule has 3 N–H and O–H groups in total. The van der Waals surface area contributed by atoms with Crippen LogP contribution in [0.5, 0.6) is 0 Å². The molecule has 0 spiro atoms. The van der Waals surface area contributed by atoms with Crippen LogP contribution >= 0.6 is 45.9 Å². The summed E-state index contributed by atoms with van der Waals surface area (Å²) in [6.45, 7) is -0.961. The summed E-state index contributed by atoms with van der Waals surface area (Å²) in [5.41, 5.74) is 1.30. The van der Waals surface area contributed by atoms with Crippen LogP contribution in [-0.4, -0.2) is 57.0 Å². The first-order chi connectivity index (χ1) is 19.6. The smallest absolute Gasteiger partial charge is 0.344 e. The molecule has 12 nitrogen and oxygen atoms in total. The van der Waals surface area contributed by atoms with Gasteiger partial charge in [0, 0.05) is 22.9 Å². The van der Waals surface area contributed by atoms with Crippen molar-refractivity contribution in [1.82, 2.24) is 15.0 Å². The SMILES string of the molecule is O=C(O)CCCCCC(=O)OON(CC(=O)Nc1nc2ccc(Cl)cc2s1)CC(=O)Nc1nc2ccc(Cl)cc2s1. The molecule has 0 aliphatic heterocycles. The van der Waals surface area contributed by atoms with Gasteiger partial charge in [-0.15, -0.1) is 5.06 Å². The summed E-state index contributed by atoms with van der Waals surface area (Å²) in [7, 11) is 0. The van der Waals surface area contributed by atoms with E-state index in [1.807, 2.05) is 0 Å². The van der Waals surface area contributed by atoms with Crippen molar-refractivity contribution >= 4 is 100 Å². The number of halogens is 2. The molecule has 0 unspecified atom stereocenters. The second-order valence-corrected chi connectivity index (χ2v) is 11.6. The highest BCUT2D eigenvalue weighted by Crippen LogP contribution is 2.29. The number of carbonyl (C=O) groups is 4. The highest BCUT2D eigenvalue weighted by atomic mass is 35.5. The monoisotopic (exact) mass is 639 g/mol. The Bertz CT molecular complexity index is 1480. The maximum absolute atomic E-state index is 12.8. The zero-order valence-corrected chi connectivity index (χ0v) is 24.4. The Morgan fingerprint density at radius 2 is 1.32 bits per heavy atom. The van der Waals surface area contributed by atoms with Crippen LogP contribution in [0.15, 0.2) is 36.4 Å². The number of amides is 2. The minimum Gasteiger partial charge on any atom is -0.481 e. The van der Waals surface area contributed by atoms with Crippen molar-refractivity contribution in [1.29, 1.82) is 0 Å². The topological polar surface area (TPSA) is 160 Å². The fourth-order valence-corrected chi connectivity index (χ4v) is 5.82. The molecule has 0 radical (unpaired) electrons. The van der Waals surface area contributed by atoms with Crippen LogP contribution in [0, 0.1) is 0 Å². The van der Waals surface area contributed by atoms with Gasteiger partial charge in [0.05, 0.1) is 20.4 Å². The number of hydrogen-bond acceptors (Lipinski definition) is 11. The van der Waals surface area contributed by atoms with Crippen LogP contribution in [0.2, 0.25) is 10.0 Å². The molecule has 0 atom stereocenters. The Balaban J connectivity index is 1.35. The lowest BCUT2D eigenvalue weighted by molar-refractivity contribution is -0.392. The first kappa shape index (κ1) is 30.6. The third-order valence-corrected chi connectivity index (χ3v) is 7.68. The van der Waals surface area contributed by atoms with Gasteiger partial charge in [-0.25, -0.2) is 14.8 Å². The van der Waals surface area contributed by atoms with Gasteiger partial charge in [0.25, 0.3) is 0 Å². The van der Waals surface area contributed by atoms with Crippen molar-refractivity contribution in [2.45, 2.75) is 32.1 Å². The Kier molecular flexibility index (Phi) is 10.8. The number of aliphatic carboxylic acids is 1. The lowest BCUT2D eigenvalue weighted by atomic mass is 10.1. The van der Waals surface area contributed by atoms with E-state index in [4.69, 9.17) is 38.2 Å². The molecule has 41 heavy (non-hydrogen) atoms. The largest absolute Gasteiger partial charge is 0.481 e. The number of thiazole rings is 2. The summed E-state index contributed by atoms with van der Waals surface area (Å²) in [4.78, 5) is 66.8. The van der Waals surface area contributed by atoms with Crippen molar-refractivity contribution in [2.75, 3.05) is 23.7 Å². The molecule has 2 aromatic carbocycles. The van der Waals surface area contributed by atoms with E-state index in [0.29, 0.717) is 50.6 Å². The van der Waals surface area contributed by atoms with Gasteiger partial charge in [0.1, 0.15) is 13.1 Å². The number of carboxylic acid groups (broad SMARTS) is 1. The Morgan fingerprint density at radius 1 is 0.805 bits per heavy atom. The third-order valence-electron chi connectivity index (χ3n) is 5.34. The Hall–Kier alpha value is -3.40. The lowest BCUT2D eigenvalue weighted by Gasteiger charge is -2.18. The number of benzene rings is 2. The first-order valence-corrected chi connectivity index (χ1v) is 14.6.